The fourth-order valence-electron chi connectivity index (χ4n) is 1.57. The first-order chi connectivity index (χ1) is 9.04. The lowest BCUT2D eigenvalue weighted by Crippen LogP contribution is -2.46. The molecule has 6 heteroatoms. The van der Waals surface area contributed by atoms with Gasteiger partial charge in [-0.2, -0.15) is 0 Å². The molecule has 0 bridgehead atoms. The fraction of sp³-hybridized carbons (Fsp3) is 0.385. The third-order valence-electron chi connectivity index (χ3n) is 2.48. The molecule has 1 aromatic carbocycles. The van der Waals surface area contributed by atoms with Gasteiger partial charge in [0.2, 0.25) is 5.91 Å². The smallest absolute Gasteiger partial charge is 0.329 e. The Hall–Kier alpha value is -1.40. The number of amides is 1. The number of halogens is 1. The average Bonchev–Trinajstić information content (AvgIpc) is 2.38. The molecule has 1 amide bonds. The number of nitrogens with one attached hydrogen (secondary N) is 2. The summed E-state index contributed by atoms with van der Waals surface area (Å²) >= 11 is 3.45. The normalized spacial score (nSPS) is 11.7. The largest absolute Gasteiger partial charge is 0.467 e. The van der Waals surface area contributed by atoms with Gasteiger partial charge in [-0.25, -0.2) is 4.79 Å². The van der Waals surface area contributed by atoms with Gasteiger partial charge in [0.15, 0.2) is 0 Å². The summed E-state index contributed by atoms with van der Waals surface area (Å²) in [6.07, 6.45) is 0. The lowest BCUT2D eigenvalue weighted by Gasteiger charge is -2.16. The monoisotopic (exact) mass is 328 g/mol. The average molecular weight is 329 g/mol. The molecule has 0 aliphatic heterocycles. The van der Waals surface area contributed by atoms with Crippen molar-refractivity contribution in [1.82, 2.24) is 10.6 Å². The second-order valence-corrected chi connectivity index (χ2v) is 4.85. The highest BCUT2D eigenvalue weighted by molar-refractivity contribution is 9.10. The molecule has 1 unspecified atom stereocenters. The van der Waals surface area contributed by atoms with E-state index < -0.39 is 12.0 Å². The molecule has 0 spiro atoms. The molecular formula is C13H17BrN2O3. The number of benzene rings is 1. The standard InChI is InChI=1S/C13H17BrN2O3/c1-9(17)16-12(13(18)19-2)8-15-7-10-5-3-4-6-11(10)14/h3-6,12,15H,7-8H2,1-2H3,(H,16,17). The first-order valence-corrected chi connectivity index (χ1v) is 6.63. The lowest BCUT2D eigenvalue weighted by molar-refractivity contribution is -0.144. The number of rotatable bonds is 6. The summed E-state index contributed by atoms with van der Waals surface area (Å²) in [6, 6.07) is 7.12. The highest BCUT2D eigenvalue weighted by Crippen LogP contribution is 2.15. The molecule has 0 saturated heterocycles. The third-order valence-corrected chi connectivity index (χ3v) is 3.26. The van der Waals surface area contributed by atoms with E-state index in [1.54, 1.807) is 0 Å². The van der Waals surface area contributed by atoms with Gasteiger partial charge in [0.05, 0.1) is 7.11 Å². The quantitative estimate of drug-likeness (QED) is 0.770. The van der Waals surface area contributed by atoms with Crippen molar-refractivity contribution in [2.24, 2.45) is 0 Å². The van der Waals surface area contributed by atoms with Gasteiger partial charge in [0.1, 0.15) is 6.04 Å². The van der Waals surface area contributed by atoms with Crippen molar-refractivity contribution in [3.8, 4) is 0 Å². The van der Waals surface area contributed by atoms with E-state index in [0.717, 1.165) is 10.0 Å². The molecule has 104 valence electrons. The minimum atomic E-state index is -0.676. The van der Waals surface area contributed by atoms with Gasteiger partial charge in [0.25, 0.3) is 0 Å². The van der Waals surface area contributed by atoms with Gasteiger partial charge in [-0.1, -0.05) is 34.1 Å². The Bertz CT molecular complexity index is 451. The van der Waals surface area contributed by atoms with Gasteiger partial charge in [-0.15, -0.1) is 0 Å². The molecular weight excluding hydrogens is 312 g/mol. The molecule has 0 aromatic heterocycles. The Morgan fingerprint density at radius 3 is 2.63 bits per heavy atom. The summed E-state index contributed by atoms with van der Waals surface area (Å²) in [5.74, 6) is -0.729. The van der Waals surface area contributed by atoms with Crippen LogP contribution in [0.1, 0.15) is 12.5 Å². The van der Waals surface area contributed by atoms with Gasteiger partial charge in [-0.3, -0.25) is 4.79 Å². The number of carbonyl (C=O) groups excluding carboxylic acids is 2. The molecule has 0 heterocycles. The van der Waals surface area contributed by atoms with E-state index in [1.165, 1.54) is 14.0 Å². The Morgan fingerprint density at radius 2 is 2.05 bits per heavy atom. The highest BCUT2D eigenvalue weighted by atomic mass is 79.9. The van der Waals surface area contributed by atoms with E-state index in [4.69, 9.17) is 0 Å². The summed E-state index contributed by atoms with van der Waals surface area (Å²) in [5.41, 5.74) is 1.08. The first kappa shape index (κ1) is 15.7. The summed E-state index contributed by atoms with van der Waals surface area (Å²) in [4.78, 5) is 22.5. The molecule has 1 aromatic rings. The van der Waals surface area contributed by atoms with Crippen LogP contribution in [0.4, 0.5) is 0 Å². The van der Waals surface area contributed by atoms with E-state index in [9.17, 15) is 9.59 Å². The number of methoxy groups -OCH3 is 1. The first-order valence-electron chi connectivity index (χ1n) is 5.83. The second-order valence-electron chi connectivity index (χ2n) is 4.00. The van der Waals surface area contributed by atoms with Crippen LogP contribution in [0.2, 0.25) is 0 Å². The Balaban J connectivity index is 2.50. The number of carbonyl (C=O) groups is 2. The van der Waals surface area contributed by atoms with Crippen molar-refractivity contribution in [2.75, 3.05) is 13.7 Å². The zero-order valence-electron chi connectivity index (χ0n) is 10.9. The van der Waals surface area contributed by atoms with Gasteiger partial charge < -0.3 is 15.4 Å². The number of hydrogen-bond acceptors (Lipinski definition) is 4. The molecule has 5 nitrogen and oxygen atoms in total. The Labute approximate surface area is 120 Å². The van der Waals surface area contributed by atoms with Crippen molar-refractivity contribution in [2.45, 2.75) is 19.5 Å². The molecule has 2 N–H and O–H groups in total. The molecule has 1 atom stereocenters. The molecule has 0 aliphatic carbocycles. The van der Waals surface area contributed by atoms with Crippen LogP contribution in [0.15, 0.2) is 28.7 Å². The van der Waals surface area contributed by atoms with Gasteiger partial charge in [-0.05, 0) is 11.6 Å². The summed E-state index contributed by atoms with van der Waals surface area (Å²) in [6.45, 7) is 2.27. The molecule has 0 fully saturated rings. The number of ether oxygens (including phenoxy) is 1. The Kier molecular flexibility index (Phi) is 6.52. The molecule has 1 rings (SSSR count). The molecule has 19 heavy (non-hydrogen) atoms. The number of hydrogen-bond donors (Lipinski definition) is 2. The van der Waals surface area contributed by atoms with Crippen molar-refractivity contribution in [3.63, 3.8) is 0 Å². The zero-order chi connectivity index (χ0) is 14.3. The van der Waals surface area contributed by atoms with Crippen molar-refractivity contribution in [3.05, 3.63) is 34.3 Å². The molecule has 0 aliphatic rings. The van der Waals surface area contributed by atoms with Crippen LogP contribution in [0.25, 0.3) is 0 Å². The summed E-state index contributed by atoms with van der Waals surface area (Å²) in [5, 5.41) is 5.66. The van der Waals surface area contributed by atoms with E-state index in [1.807, 2.05) is 24.3 Å². The topological polar surface area (TPSA) is 67.4 Å². The minimum Gasteiger partial charge on any atom is -0.467 e. The van der Waals surface area contributed by atoms with Crippen molar-refractivity contribution < 1.29 is 14.3 Å². The lowest BCUT2D eigenvalue weighted by atomic mass is 10.2. The maximum atomic E-state index is 11.5. The van der Waals surface area contributed by atoms with Crippen LogP contribution in [0.5, 0.6) is 0 Å². The van der Waals surface area contributed by atoms with Crippen LogP contribution in [-0.4, -0.2) is 31.6 Å². The SMILES string of the molecule is COC(=O)C(CNCc1ccccc1Br)NC(C)=O. The van der Waals surface area contributed by atoms with E-state index in [0.29, 0.717) is 13.1 Å². The molecule has 0 radical (unpaired) electrons. The zero-order valence-corrected chi connectivity index (χ0v) is 12.5. The second kappa shape index (κ2) is 7.91. The van der Waals surface area contributed by atoms with E-state index >= 15 is 0 Å². The van der Waals surface area contributed by atoms with E-state index in [2.05, 4.69) is 31.3 Å². The van der Waals surface area contributed by atoms with Crippen LogP contribution in [-0.2, 0) is 20.9 Å². The van der Waals surface area contributed by atoms with Crippen LogP contribution in [0.3, 0.4) is 0 Å². The summed E-state index contributed by atoms with van der Waals surface area (Å²) in [7, 11) is 1.30. The van der Waals surface area contributed by atoms with Crippen LogP contribution >= 0.6 is 15.9 Å². The van der Waals surface area contributed by atoms with Crippen molar-refractivity contribution in [1.29, 1.82) is 0 Å². The fourth-order valence-corrected chi connectivity index (χ4v) is 2.00. The predicted octanol–water partition coefficient (Wildman–Crippen LogP) is 1.22. The van der Waals surface area contributed by atoms with E-state index in [-0.39, 0.29) is 5.91 Å². The highest BCUT2D eigenvalue weighted by Gasteiger charge is 2.19. The predicted molar refractivity (Wildman–Crippen MR) is 75.5 cm³/mol. The van der Waals surface area contributed by atoms with Gasteiger partial charge >= 0.3 is 5.97 Å². The maximum absolute atomic E-state index is 11.5. The Morgan fingerprint density at radius 1 is 1.37 bits per heavy atom. The van der Waals surface area contributed by atoms with Crippen LogP contribution in [0, 0.1) is 0 Å². The molecule has 0 saturated carbocycles. The minimum absolute atomic E-state index is 0.266. The third kappa shape index (κ3) is 5.40. The van der Waals surface area contributed by atoms with Crippen LogP contribution < -0.4 is 10.6 Å². The maximum Gasteiger partial charge on any atom is 0.329 e. The van der Waals surface area contributed by atoms with Gasteiger partial charge in [0, 0.05) is 24.5 Å². The van der Waals surface area contributed by atoms with Crippen molar-refractivity contribution >= 4 is 27.8 Å². The number of esters is 1. The summed E-state index contributed by atoms with van der Waals surface area (Å²) < 4.78 is 5.63.